The lowest BCUT2D eigenvalue weighted by Crippen LogP contribution is -2.35. The van der Waals surface area contributed by atoms with E-state index in [0.717, 1.165) is 12.2 Å². The number of fused-ring (bicyclic) bond motifs is 1. The molecule has 0 radical (unpaired) electrons. The average molecular weight is 271 g/mol. The van der Waals surface area contributed by atoms with Crippen molar-refractivity contribution in [2.75, 3.05) is 18.1 Å². The Morgan fingerprint density at radius 1 is 1.50 bits per heavy atom. The van der Waals surface area contributed by atoms with Crippen LogP contribution in [0.25, 0.3) is 0 Å². The Morgan fingerprint density at radius 2 is 2.28 bits per heavy atom. The Hall–Kier alpha value is -1.21. The molecule has 7 heteroatoms. The van der Waals surface area contributed by atoms with Gasteiger partial charge in [-0.3, -0.25) is 9.36 Å². The zero-order valence-electron chi connectivity index (χ0n) is 10.3. The van der Waals surface area contributed by atoms with Crippen molar-refractivity contribution in [1.29, 1.82) is 0 Å². The lowest BCUT2D eigenvalue weighted by atomic mass is 10.1. The molecule has 0 spiro atoms. The summed E-state index contributed by atoms with van der Waals surface area (Å²) in [6.45, 7) is 3.16. The van der Waals surface area contributed by atoms with E-state index < -0.39 is 9.84 Å². The van der Waals surface area contributed by atoms with Crippen LogP contribution in [-0.2, 0) is 29.3 Å². The van der Waals surface area contributed by atoms with E-state index >= 15 is 0 Å². The predicted octanol–water partition coefficient (Wildman–Crippen LogP) is -0.676. The van der Waals surface area contributed by atoms with Crippen LogP contribution in [0.2, 0.25) is 0 Å². The summed E-state index contributed by atoms with van der Waals surface area (Å²) in [5, 5.41) is 3.15. The molecule has 2 heterocycles. The fourth-order valence-electron chi connectivity index (χ4n) is 1.93. The second-order valence-electron chi connectivity index (χ2n) is 4.33. The third-order valence-corrected chi connectivity index (χ3v) is 4.83. The summed E-state index contributed by atoms with van der Waals surface area (Å²) >= 11 is 0. The van der Waals surface area contributed by atoms with Crippen LogP contribution in [0.5, 0.6) is 0 Å². The van der Waals surface area contributed by atoms with Gasteiger partial charge in [0.05, 0.1) is 17.8 Å². The molecule has 1 aliphatic rings. The quantitative estimate of drug-likeness (QED) is 0.785. The molecular weight excluding hydrogens is 254 g/mol. The molecule has 18 heavy (non-hydrogen) atoms. The highest BCUT2D eigenvalue weighted by atomic mass is 32.2. The number of aryl methyl sites for hydroxylation is 1. The molecule has 0 unspecified atom stereocenters. The summed E-state index contributed by atoms with van der Waals surface area (Å²) in [5.41, 5.74) is 1.39. The van der Waals surface area contributed by atoms with Crippen LogP contribution in [0.3, 0.4) is 0 Å². The normalized spacial score (nSPS) is 15.4. The highest BCUT2D eigenvalue weighted by Gasteiger charge is 2.16. The maximum absolute atomic E-state index is 12.1. The maximum Gasteiger partial charge on any atom is 0.256 e. The van der Waals surface area contributed by atoms with Gasteiger partial charge < -0.3 is 5.32 Å². The van der Waals surface area contributed by atoms with Gasteiger partial charge in [0.1, 0.15) is 0 Å². The summed E-state index contributed by atoms with van der Waals surface area (Å²) in [7, 11) is -3.06. The van der Waals surface area contributed by atoms with E-state index in [-0.39, 0.29) is 23.6 Å². The lowest BCUT2D eigenvalue weighted by molar-refractivity contribution is 0.575. The van der Waals surface area contributed by atoms with Crippen molar-refractivity contribution in [1.82, 2.24) is 14.9 Å². The molecule has 0 bridgehead atoms. The molecule has 0 fully saturated rings. The fourth-order valence-corrected chi connectivity index (χ4v) is 2.69. The Kier molecular flexibility index (Phi) is 3.82. The Labute approximate surface area is 106 Å². The molecule has 6 nitrogen and oxygen atoms in total. The molecule has 1 aromatic heterocycles. The second kappa shape index (κ2) is 5.19. The van der Waals surface area contributed by atoms with Crippen LogP contribution in [0, 0.1) is 0 Å². The standard InChI is InChI=1S/C11H17N3O3S/c1-2-18(16,17)6-5-14-8-13-10-7-12-4-3-9(10)11(14)15/h8,12H,2-7H2,1H3. The summed E-state index contributed by atoms with van der Waals surface area (Å²) in [6, 6.07) is 0. The molecule has 0 saturated carbocycles. The van der Waals surface area contributed by atoms with Crippen molar-refractivity contribution < 1.29 is 8.42 Å². The second-order valence-corrected chi connectivity index (χ2v) is 6.80. The predicted molar refractivity (Wildman–Crippen MR) is 68.2 cm³/mol. The molecule has 2 rings (SSSR count). The van der Waals surface area contributed by atoms with E-state index in [2.05, 4.69) is 10.3 Å². The highest BCUT2D eigenvalue weighted by molar-refractivity contribution is 7.91. The average Bonchev–Trinajstić information content (AvgIpc) is 2.38. The molecular formula is C11H17N3O3S. The first-order valence-electron chi connectivity index (χ1n) is 6.02. The van der Waals surface area contributed by atoms with Crippen LogP contribution >= 0.6 is 0 Å². The van der Waals surface area contributed by atoms with Gasteiger partial charge in [0.25, 0.3) is 5.56 Å². The zero-order valence-corrected chi connectivity index (χ0v) is 11.2. The molecule has 100 valence electrons. The Bertz CT molecular complexity index is 592. The monoisotopic (exact) mass is 271 g/mol. The van der Waals surface area contributed by atoms with E-state index in [1.54, 1.807) is 6.92 Å². The van der Waals surface area contributed by atoms with E-state index in [9.17, 15) is 13.2 Å². The van der Waals surface area contributed by atoms with Crippen LogP contribution in [0.4, 0.5) is 0 Å². The van der Waals surface area contributed by atoms with Gasteiger partial charge >= 0.3 is 0 Å². The van der Waals surface area contributed by atoms with Crippen LogP contribution < -0.4 is 10.9 Å². The zero-order chi connectivity index (χ0) is 13.2. The molecule has 0 amide bonds. The number of hydrogen-bond acceptors (Lipinski definition) is 5. The number of nitrogens with one attached hydrogen (secondary N) is 1. The van der Waals surface area contributed by atoms with Gasteiger partial charge in [0.15, 0.2) is 9.84 Å². The van der Waals surface area contributed by atoms with E-state index in [1.165, 1.54) is 10.9 Å². The van der Waals surface area contributed by atoms with Gasteiger partial charge in [-0.25, -0.2) is 13.4 Å². The van der Waals surface area contributed by atoms with Crippen molar-refractivity contribution in [2.24, 2.45) is 0 Å². The van der Waals surface area contributed by atoms with Crippen molar-refractivity contribution in [3.8, 4) is 0 Å². The molecule has 0 aliphatic carbocycles. The summed E-state index contributed by atoms with van der Waals surface area (Å²) < 4.78 is 24.3. The smallest absolute Gasteiger partial charge is 0.256 e. The van der Waals surface area contributed by atoms with Gasteiger partial charge in [0.2, 0.25) is 0 Å². The molecule has 0 saturated heterocycles. The van der Waals surface area contributed by atoms with Gasteiger partial charge in [-0.15, -0.1) is 0 Å². The van der Waals surface area contributed by atoms with Crippen LogP contribution in [0.15, 0.2) is 11.1 Å². The van der Waals surface area contributed by atoms with E-state index in [1.807, 2.05) is 0 Å². The summed E-state index contributed by atoms with van der Waals surface area (Å²) in [5.74, 6) is 0.0894. The minimum atomic E-state index is -3.06. The van der Waals surface area contributed by atoms with E-state index in [4.69, 9.17) is 0 Å². The molecule has 1 aromatic rings. The molecule has 1 aliphatic heterocycles. The molecule has 1 N–H and O–H groups in total. The lowest BCUT2D eigenvalue weighted by Gasteiger charge is -2.16. The third-order valence-electron chi connectivity index (χ3n) is 3.15. The first kappa shape index (κ1) is 13.2. The first-order valence-corrected chi connectivity index (χ1v) is 7.84. The largest absolute Gasteiger partial charge is 0.311 e. The molecule has 0 atom stereocenters. The van der Waals surface area contributed by atoms with Crippen molar-refractivity contribution >= 4 is 9.84 Å². The minimum Gasteiger partial charge on any atom is -0.311 e. The minimum absolute atomic E-state index is 0.0118. The maximum atomic E-state index is 12.1. The third kappa shape index (κ3) is 2.78. The van der Waals surface area contributed by atoms with Crippen LogP contribution in [0.1, 0.15) is 18.2 Å². The van der Waals surface area contributed by atoms with Crippen LogP contribution in [-0.4, -0.2) is 36.0 Å². The van der Waals surface area contributed by atoms with Crippen molar-refractivity contribution in [3.63, 3.8) is 0 Å². The van der Waals surface area contributed by atoms with Crippen molar-refractivity contribution in [2.45, 2.75) is 26.4 Å². The highest BCUT2D eigenvalue weighted by Crippen LogP contribution is 2.05. The van der Waals surface area contributed by atoms with Gasteiger partial charge in [-0.2, -0.15) is 0 Å². The van der Waals surface area contributed by atoms with E-state index in [0.29, 0.717) is 18.5 Å². The topological polar surface area (TPSA) is 81.1 Å². The number of hydrogen-bond donors (Lipinski definition) is 1. The van der Waals surface area contributed by atoms with Gasteiger partial charge in [0, 0.05) is 24.4 Å². The van der Waals surface area contributed by atoms with Gasteiger partial charge in [-0.1, -0.05) is 6.92 Å². The number of nitrogens with zero attached hydrogens (tertiary/aromatic N) is 2. The van der Waals surface area contributed by atoms with Gasteiger partial charge in [-0.05, 0) is 13.0 Å². The van der Waals surface area contributed by atoms with Crippen molar-refractivity contribution in [3.05, 3.63) is 27.9 Å². The Balaban J connectivity index is 2.23. The summed E-state index contributed by atoms with van der Waals surface area (Å²) in [6.07, 6.45) is 2.10. The number of rotatable bonds is 4. The number of sulfone groups is 1. The fraction of sp³-hybridized carbons (Fsp3) is 0.636. The Morgan fingerprint density at radius 3 is 3.00 bits per heavy atom. The number of aromatic nitrogens is 2. The summed E-state index contributed by atoms with van der Waals surface area (Å²) in [4.78, 5) is 16.3. The SMILES string of the molecule is CCS(=O)(=O)CCn1cnc2c(c1=O)CCNC2. The first-order chi connectivity index (χ1) is 8.53. The molecule has 0 aromatic carbocycles.